The molecule has 0 spiro atoms. The number of nitrogens with two attached hydrogens (primary N) is 2. The Morgan fingerprint density at radius 2 is 1.90 bits per heavy atom. The predicted octanol–water partition coefficient (Wildman–Crippen LogP) is -0.0254. The van der Waals surface area contributed by atoms with E-state index in [0.717, 1.165) is 12.1 Å². The lowest BCUT2D eigenvalue weighted by atomic mass is 10.3. The van der Waals surface area contributed by atoms with Crippen LogP contribution in [0.4, 0.5) is 0 Å². The van der Waals surface area contributed by atoms with E-state index in [4.69, 9.17) is 11.5 Å². The smallest absolute Gasteiger partial charge is 0.0332 e. The van der Waals surface area contributed by atoms with Gasteiger partial charge in [-0.3, -0.25) is 0 Å². The first kappa shape index (κ1) is 7.31. The van der Waals surface area contributed by atoms with Crippen LogP contribution in [0.2, 0.25) is 0 Å². The highest BCUT2D eigenvalue weighted by Crippen LogP contribution is 2.00. The normalized spacial score (nSPS) is 10.2. The van der Waals surface area contributed by atoms with Gasteiger partial charge in [0.05, 0.1) is 0 Å². The number of H-pyrrole nitrogens is 1. The molecule has 0 fully saturated rings. The molecule has 1 rings (SSSR count). The van der Waals surface area contributed by atoms with Crippen LogP contribution in [-0.4, -0.2) is 11.5 Å². The van der Waals surface area contributed by atoms with Gasteiger partial charge in [0, 0.05) is 17.9 Å². The van der Waals surface area contributed by atoms with Gasteiger partial charge in [0.2, 0.25) is 0 Å². The van der Waals surface area contributed by atoms with E-state index in [1.54, 1.807) is 0 Å². The molecule has 10 heavy (non-hydrogen) atoms. The molecule has 3 nitrogen and oxygen atoms in total. The molecule has 0 unspecified atom stereocenters. The molecule has 0 amide bonds. The summed E-state index contributed by atoms with van der Waals surface area (Å²) in [5.74, 6) is 0. The maximum absolute atomic E-state index is 5.40. The van der Waals surface area contributed by atoms with Crippen molar-refractivity contribution in [3.05, 3.63) is 23.5 Å². The van der Waals surface area contributed by atoms with Crippen molar-refractivity contribution in [2.45, 2.75) is 13.0 Å². The van der Waals surface area contributed by atoms with Gasteiger partial charge in [0.1, 0.15) is 0 Å². The van der Waals surface area contributed by atoms with Gasteiger partial charge >= 0.3 is 0 Å². The molecule has 0 saturated carbocycles. The molecule has 56 valence electrons. The molecular weight excluding hydrogens is 126 g/mol. The molecule has 0 aliphatic rings. The van der Waals surface area contributed by atoms with Crippen LogP contribution in [0.25, 0.3) is 0 Å². The molecule has 0 bridgehead atoms. The van der Waals surface area contributed by atoms with Crippen molar-refractivity contribution in [2.24, 2.45) is 11.5 Å². The number of aromatic amines is 1. The average molecular weight is 139 g/mol. The maximum atomic E-state index is 5.40. The molecule has 5 N–H and O–H groups in total. The number of nitrogens with one attached hydrogen (secondary N) is 1. The van der Waals surface area contributed by atoms with Gasteiger partial charge in [-0.15, -0.1) is 0 Å². The predicted molar refractivity (Wildman–Crippen MR) is 41.4 cm³/mol. The summed E-state index contributed by atoms with van der Waals surface area (Å²) in [7, 11) is 0. The third-order valence-corrected chi connectivity index (χ3v) is 1.44. The van der Waals surface area contributed by atoms with Gasteiger partial charge in [-0.05, 0) is 25.1 Å². The highest BCUT2D eigenvalue weighted by molar-refractivity contribution is 5.12. The molecule has 0 saturated heterocycles. The topological polar surface area (TPSA) is 67.8 Å². The second-order valence-electron chi connectivity index (χ2n) is 2.25. The lowest BCUT2D eigenvalue weighted by Gasteiger charge is -1.91. The third kappa shape index (κ3) is 1.59. The van der Waals surface area contributed by atoms with E-state index in [1.165, 1.54) is 5.69 Å². The van der Waals surface area contributed by atoms with Gasteiger partial charge in [-0.25, -0.2) is 0 Å². The summed E-state index contributed by atoms with van der Waals surface area (Å²) in [6.07, 6.45) is 0.903. The lowest BCUT2D eigenvalue weighted by molar-refractivity contribution is 0.910. The minimum atomic E-state index is 0.574. The fourth-order valence-corrected chi connectivity index (χ4v) is 0.911. The SMILES string of the molecule is NCCc1ccc(CN)[nH]1. The summed E-state index contributed by atoms with van der Waals surface area (Å²) in [6.45, 7) is 1.26. The van der Waals surface area contributed by atoms with Gasteiger partial charge in [-0.2, -0.15) is 0 Å². The van der Waals surface area contributed by atoms with Gasteiger partial charge in [0.25, 0.3) is 0 Å². The van der Waals surface area contributed by atoms with Crippen LogP contribution in [0.3, 0.4) is 0 Å². The van der Waals surface area contributed by atoms with Crippen LogP contribution in [0.15, 0.2) is 12.1 Å². The Morgan fingerprint density at radius 3 is 2.40 bits per heavy atom. The molecule has 1 heterocycles. The standard InChI is InChI=1S/C7H13N3/c8-4-3-6-1-2-7(5-9)10-6/h1-2,10H,3-5,8-9H2. The van der Waals surface area contributed by atoms with Crippen LogP contribution < -0.4 is 11.5 Å². The highest BCUT2D eigenvalue weighted by Gasteiger charge is 1.93. The molecule has 0 aliphatic carbocycles. The van der Waals surface area contributed by atoms with Crippen molar-refractivity contribution in [1.82, 2.24) is 4.98 Å². The van der Waals surface area contributed by atoms with Crippen LogP contribution in [-0.2, 0) is 13.0 Å². The van der Waals surface area contributed by atoms with E-state index >= 15 is 0 Å². The van der Waals surface area contributed by atoms with Crippen LogP contribution in [0.5, 0.6) is 0 Å². The molecule has 3 heteroatoms. The first-order valence-electron chi connectivity index (χ1n) is 3.43. The molecule has 1 aromatic heterocycles. The lowest BCUT2D eigenvalue weighted by Crippen LogP contribution is -2.03. The molecule has 0 aromatic carbocycles. The third-order valence-electron chi connectivity index (χ3n) is 1.44. The van der Waals surface area contributed by atoms with Crippen molar-refractivity contribution in [2.75, 3.05) is 6.54 Å². The summed E-state index contributed by atoms with van der Waals surface area (Å²) < 4.78 is 0. The molecule has 0 radical (unpaired) electrons. The maximum Gasteiger partial charge on any atom is 0.0332 e. The van der Waals surface area contributed by atoms with Gasteiger partial charge in [-0.1, -0.05) is 0 Å². The van der Waals surface area contributed by atoms with E-state index in [-0.39, 0.29) is 0 Å². The van der Waals surface area contributed by atoms with Crippen LogP contribution in [0, 0.1) is 0 Å². The van der Waals surface area contributed by atoms with Crippen molar-refractivity contribution in [1.29, 1.82) is 0 Å². The Labute approximate surface area is 60.4 Å². The molecular formula is C7H13N3. The minimum Gasteiger partial charge on any atom is -0.361 e. The fraction of sp³-hybridized carbons (Fsp3) is 0.429. The molecule has 0 atom stereocenters. The van der Waals surface area contributed by atoms with Crippen LogP contribution >= 0.6 is 0 Å². The van der Waals surface area contributed by atoms with Crippen molar-refractivity contribution in [3.63, 3.8) is 0 Å². The van der Waals surface area contributed by atoms with E-state index in [2.05, 4.69) is 4.98 Å². The highest BCUT2D eigenvalue weighted by atomic mass is 14.8. The molecule has 1 aromatic rings. The quantitative estimate of drug-likeness (QED) is 0.550. The van der Waals surface area contributed by atoms with E-state index < -0.39 is 0 Å². The van der Waals surface area contributed by atoms with Crippen LogP contribution in [0.1, 0.15) is 11.4 Å². The summed E-state index contributed by atoms with van der Waals surface area (Å²) in [6, 6.07) is 4.01. The zero-order valence-electron chi connectivity index (χ0n) is 5.93. The number of hydrogen-bond acceptors (Lipinski definition) is 2. The second kappa shape index (κ2) is 3.39. The summed E-state index contributed by atoms with van der Waals surface area (Å²) in [5, 5.41) is 0. The number of aromatic nitrogens is 1. The van der Waals surface area contributed by atoms with E-state index in [0.29, 0.717) is 13.1 Å². The second-order valence-corrected chi connectivity index (χ2v) is 2.25. The number of rotatable bonds is 3. The monoisotopic (exact) mass is 139 g/mol. The van der Waals surface area contributed by atoms with Crippen molar-refractivity contribution < 1.29 is 0 Å². The Hall–Kier alpha value is -0.800. The fourth-order valence-electron chi connectivity index (χ4n) is 0.911. The average Bonchev–Trinajstić information content (AvgIpc) is 2.37. The summed E-state index contributed by atoms with van der Waals surface area (Å²) in [5.41, 5.74) is 13.0. The Balaban J connectivity index is 2.59. The Morgan fingerprint density at radius 1 is 1.20 bits per heavy atom. The zero-order valence-corrected chi connectivity index (χ0v) is 5.93. The largest absolute Gasteiger partial charge is 0.361 e. The Bertz CT molecular complexity index is 192. The Kier molecular flexibility index (Phi) is 2.48. The minimum absolute atomic E-state index is 0.574. The molecule has 0 aliphatic heterocycles. The first-order valence-corrected chi connectivity index (χ1v) is 3.43. The number of hydrogen-bond donors (Lipinski definition) is 3. The van der Waals surface area contributed by atoms with E-state index in [9.17, 15) is 0 Å². The first-order chi connectivity index (χ1) is 4.86. The van der Waals surface area contributed by atoms with Gasteiger partial charge < -0.3 is 16.5 Å². The van der Waals surface area contributed by atoms with E-state index in [1.807, 2.05) is 12.1 Å². The van der Waals surface area contributed by atoms with Crippen molar-refractivity contribution >= 4 is 0 Å². The zero-order chi connectivity index (χ0) is 7.40. The van der Waals surface area contributed by atoms with Crippen molar-refractivity contribution in [3.8, 4) is 0 Å². The summed E-state index contributed by atoms with van der Waals surface area (Å²) in [4.78, 5) is 3.16. The summed E-state index contributed by atoms with van der Waals surface area (Å²) >= 11 is 0. The van der Waals surface area contributed by atoms with Gasteiger partial charge in [0.15, 0.2) is 0 Å².